The molecule has 3 nitrogen and oxygen atoms in total. The Labute approximate surface area is 176 Å². The number of benzene rings is 2. The number of Topliss-reactive ketones (excluding diaryl/α,β-unsaturated/α-hetero) is 2. The smallest absolute Gasteiger partial charge is 0.233 e. The van der Waals surface area contributed by atoms with E-state index in [0.717, 1.165) is 6.54 Å². The standard InChI is InChI=1S/C14H10O2.C12H27N/c15-13(11-7-3-1-4-8-11)14(16)12-9-5-2-6-10-12;1-2-3-4-5-6-7-8-9-10-11-12-13/h1-10H;2-13H2,1H3. The van der Waals surface area contributed by atoms with Crippen LogP contribution in [0.25, 0.3) is 0 Å². The van der Waals surface area contributed by atoms with E-state index in [0.29, 0.717) is 11.1 Å². The molecule has 0 saturated heterocycles. The van der Waals surface area contributed by atoms with Gasteiger partial charge >= 0.3 is 0 Å². The maximum absolute atomic E-state index is 11.8. The summed E-state index contributed by atoms with van der Waals surface area (Å²) in [5.41, 5.74) is 6.28. The summed E-state index contributed by atoms with van der Waals surface area (Å²) < 4.78 is 0. The SMILES string of the molecule is CCCCCCCCCCCCN.O=C(C(=O)c1ccccc1)c1ccccc1. The Balaban J connectivity index is 0.000000298. The molecule has 3 heteroatoms. The van der Waals surface area contributed by atoms with Crippen molar-refractivity contribution in [1.82, 2.24) is 0 Å². The summed E-state index contributed by atoms with van der Waals surface area (Å²) in [5, 5.41) is 0. The second kappa shape index (κ2) is 16.7. The third-order valence-electron chi connectivity index (χ3n) is 4.84. The Hall–Kier alpha value is -2.26. The zero-order valence-corrected chi connectivity index (χ0v) is 17.9. The van der Waals surface area contributed by atoms with E-state index in [1.54, 1.807) is 48.5 Å². The van der Waals surface area contributed by atoms with E-state index in [1.807, 2.05) is 12.1 Å². The largest absolute Gasteiger partial charge is 0.330 e. The molecule has 0 bridgehead atoms. The fourth-order valence-electron chi connectivity index (χ4n) is 3.07. The predicted molar refractivity (Wildman–Crippen MR) is 122 cm³/mol. The van der Waals surface area contributed by atoms with Gasteiger partial charge in [0.25, 0.3) is 0 Å². The summed E-state index contributed by atoms with van der Waals surface area (Å²) >= 11 is 0. The molecular formula is C26H37NO2. The van der Waals surface area contributed by atoms with Crippen molar-refractivity contribution in [2.75, 3.05) is 6.54 Å². The van der Waals surface area contributed by atoms with Gasteiger partial charge in [-0.1, -0.05) is 125 Å². The third-order valence-corrected chi connectivity index (χ3v) is 4.84. The summed E-state index contributed by atoms with van der Waals surface area (Å²) in [5.74, 6) is -0.932. The van der Waals surface area contributed by atoms with E-state index in [2.05, 4.69) is 6.92 Å². The highest BCUT2D eigenvalue weighted by Crippen LogP contribution is 2.10. The third kappa shape index (κ3) is 11.4. The van der Waals surface area contributed by atoms with Gasteiger partial charge in [0.15, 0.2) is 0 Å². The van der Waals surface area contributed by atoms with Gasteiger partial charge in [0.1, 0.15) is 0 Å². The van der Waals surface area contributed by atoms with Crippen LogP contribution < -0.4 is 5.73 Å². The lowest BCUT2D eigenvalue weighted by Crippen LogP contribution is -2.14. The summed E-state index contributed by atoms with van der Waals surface area (Å²) in [7, 11) is 0. The van der Waals surface area contributed by atoms with Gasteiger partial charge in [-0.2, -0.15) is 0 Å². The molecule has 0 heterocycles. The van der Waals surface area contributed by atoms with Gasteiger partial charge in [0.2, 0.25) is 11.6 Å². The lowest BCUT2D eigenvalue weighted by atomic mass is 10.0. The average molecular weight is 396 g/mol. The van der Waals surface area contributed by atoms with Crippen molar-refractivity contribution in [1.29, 1.82) is 0 Å². The molecule has 0 saturated carbocycles. The minimum atomic E-state index is -0.466. The van der Waals surface area contributed by atoms with E-state index in [-0.39, 0.29) is 0 Å². The van der Waals surface area contributed by atoms with Crippen molar-refractivity contribution in [2.45, 2.75) is 71.1 Å². The first-order valence-corrected chi connectivity index (χ1v) is 11.1. The second-order valence-corrected chi connectivity index (χ2v) is 7.36. The second-order valence-electron chi connectivity index (χ2n) is 7.36. The van der Waals surface area contributed by atoms with Crippen molar-refractivity contribution in [2.24, 2.45) is 5.73 Å². The molecule has 0 fully saturated rings. The molecule has 2 aromatic rings. The minimum absolute atomic E-state index is 0.427. The molecule has 0 aromatic heterocycles. The molecule has 0 amide bonds. The van der Waals surface area contributed by atoms with Crippen LogP contribution in [0.3, 0.4) is 0 Å². The van der Waals surface area contributed by atoms with Gasteiger partial charge in [-0.25, -0.2) is 0 Å². The molecule has 0 radical (unpaired) electrons. The van der Waals surface area contributed by atoms with Gasteiger partial charge in [-0.05, 0) is 13.0 Å². The Morgan fingerprint density at radius 3 is 1.28 bits per heavy atom. The molecule has 2 aromatic carbocycles. The molecule has 0 aliphatic carbocycles. The van der Waals surface area contributed by atoms with Gasteiger partial charge in [0, 0.05) is 11.1 Å². The Bertz CT molecular complexity index is 608. The highest BCUT2D eigenvalue weighted by Gasteiger charge is 2.17. The number of rotatable bonds is 13. The lowest BCUT2D eigenvalue weighted by molar-refractivity contribution is 0.0817. The summed E-state index contributed by atoms with van der Waals surface area (Å²) in [6.07, 6.45) is 13.9. The summed E-state index contributed by atoms with van der Waals surface area (Å²) in [4.78, 5) is 23.6. The normalized spacial score (nSPS) is 10.1. The van der Waals surface area contributed by atoms with Crippen LogP contribution in [0.2, 0.25) is 0 Å². The molecule has 0 spiro atoms. The Morgan fingerprint density at radius 1 is 0.586 bits per heavy atom. The van der Waals surface area contributed by atoms with E-state index in [1.165, 1.54) is 64.2 Å². The predicted octanol–water partition coefficient (Wildman–Crippen LogP) is 6.62. The van der Waals surface area contributed by atoms with Crippen LogP contribution in [-0.2, 0) is 0 Å². The first kappa shape index (κ1) is 24.8. The van der Waals surface area contributed by atoms with E-state index in [4.69, 9.17) is 5.73 Å². The van der Waals surface area contributed by atoms with E-state index < -0.39 is 11.6 Å². The molecule has 0 aliphatic heterocycles. The molecule has 2 N–H and O–H groups in total. The van der Waals surface area contributed by atoms with E-state index in [9.17, 15) is 9.59 Å². The fourth-order valence-corrected chi connectivity index (χ4v) is 3.07. The number of ketones is 2. The van der Waals surface area contributed by atoms with Crippen molar-refractivity contribution >= 4 is 11.6 Å². The first-order chi connectivity index (χ1) is 14.2. The van der Waals surface area contributed by atoms with Gasteiger partial charge in [-0.3, -0.25) is 9.59 Å². The fraction of sp³-hybridized carbons (Fsp3) is 0.462. The number of carbonyl (C=O) groups excluding carboxylic acids is 2. The van der Waals surface area contributed by atoms with Crippen molar-refractivity contribution < 1.29 is 9.59 Å². The van der Waals surface area contributed by atoms with E-state index >= 15 is 0 Å². The van der Waals surface area contributed by atoms with Crippen molar-refractivity contribution in [3.8, 4) is 0 Å². The van der Waals surface area contributed by atoms with Crippen LogP contribution in [-0.4, -0.2) is 18.1 Å². The molecule has 2 rings (SSSR count). The number of unbranched alkanes of at least 4 members (excludes halogenated alkanes) is 9. The minimum Gasteiger partial charge on any atom is -0.330 e. The van der Waals surface area contributed by atoms with Crippen LogP contribution in [0.4, 0.5) is 0 Å². The molecule has 0 atom stereocenters. The maximum Gasteiger partial charge on any atom is 0.233 e. The Kier molecular flexibility index (Phi) is 14.2. The molecule has 0 aliphatic rings. The van der Waals surface area contributed by atoms with Gasteiger partial charge in [-0.15, -0.1) is 0 Å². The van der Waals surface area contributed by atoms with Crippen LogP contribution >= 0.6 is 0 Å². The lowest BCUT2D eigenvalue weighted by Gasteiger charge is -2.00. The topological polar surface area (TPSA) is 60.2 Å². The summed E-state index contributed by atoms with van der Waals surface area (Å²) in [6.45, 7) is 3.14. The molecular weight excluding hydrogens is 358 g/mol. The van der Waals surface area contributed by atoms with Crippen LogP contribution in [0.5, 0.6) is 0 Å². The number of hydrogen-bond acceptors (Lipinski definition) is 3. The molecule has 158 valence electrons. The zero-order chi connectivity index (χ0) is 21.2. The molecule has 29 heavy (non-hydrogen) atoms. The average Bonchev–Trinajstić information content (AvgIpc) is 2.78. The number of nitrogens with two attached hydrogens (primary N) is 1. The zero-order valence-electron chi connectivity index (χ0n) is 17.9. The highest BCUT2D eigenvalue weighted by atomic mass is 16.2. The quantitative estimate of drug-likeness (QED) is 0.235. The Morgan fingerprint density at radius 2 is 0.931 bits per heavy atom. The highest BCUT2D eigenvalue weighted by molar-refractivity contribution is 6.49. The monoisotopic (exact) mass is 395 g/mol. The first-order valence-electron chi connectivity index (χ1n) is 11.1. The van der Waals surface area contributed by atoms with Crippen LogP contribution in [0.15, 0.2) is 60.7 Å². The van der Waals surface area contributed by atoms with Crippen molar-refractivity contribution in [3.05, 3.63) is 71.8 Å². The summed E-state index contributed by atoms with van der Waals surface area (Å²) in [6, 6.07) is 17.2. The van der Waals surface area contributed by atoms with Crippen molar-refractivity contribution in [3.63, 3.8) is 0 Å². The number of hydrogen-bond donors (Lipinski definition) is 1. The number of carbonyl (C=O) groups is 2. The van der Waals surface area contributed by atoms with Gasteiger partial charge < -0.3 is 5.73 Å². The maximum atomic E-state index is 11.8. The van der Waals surface area contributed by atoms with Crippen LogP contribution in [0, 0.1) is 0 Å². The molecule has 0 unspecified atom stereocenters. The van der Waals surface area contributed by atoms with Gasteiger partial charge in [0.05, 0.1) is 0 Å². The van der Waals surface area contributed by atoms with Crippen LogP contribution in [0.1, 0.15) is 91.8 Å².